The molecule has 0 aromatic carbocycles. The highest BCUT2D eigenvalue weighted by molar-refractivity contribution is 5.86. The number of nitrogens with zero attached hydrogens (tertiary/aromatic N) is 1. The lowest BCUT2D eigenvalue weighted by Crippen LogP contribution is -2.29. The predicted molar refractivity (Wildman–Crippen MR) is 118 cm³/mol. The quantitative estimate of drug-likeness (QED) is 0.138. The normalized spacial score (nSPS) is 12.3. The van der Waals surface area contributed by atoms with E-state index in [0.717, 1.165) is 6.42 Å². The first-order valence-corrected chi connectivity index (χ1v) is 11.5. The molecule has 0 aliphatic carbocycles. The van der Waals surface area contributed by atoms with E-state index in [2.05, 4.69) is 32.5 Å². The second-order valence-electron chi connectivity index (χ2n) is 8.35. The van der Waals surface area contributed by atoms with Gasteiger partial charge in [0.2, 0.25) is 0 Å². The van der Waals surface area contributed by atoms with Gasteiger partial charge in [0.1, 0.15) is 0 Å². The minimum atomic E-state index is -0.270. The summed E-state index contributed by atoms with van der Waals surface area (Å²) in [6.07, 6.45) is 20.2. The molecule has 160 valence electrons. The second-order valence-corrected chi connectivity index (χ2v) is 8.35. The molecule has 0 rings (SSSR count). The topological polar surface area (TPSA) is 29.5 Å². The van der Waals surface area contributed by atoms with E-state index in [0.29, 0.717) is 18.2 Å². The van der Waals surface area contributed by atoms with E-state index in [9.17, 15) is 4.79 Å². The summed E-state index contributed by atoms with van der Waals surface area (Å²) in [6.45, 7) is 8.09. The third-order valence-electron chi connectivity index (χ3n) is 5.40. The Hall–Kier alpha value is -0.830. The standard InChI is InChI=1S/C24H47NO2/c1-6-7-8-9-10-11-12-13-14-15-16-17-18-19-23(25(4)5)20-21-27-24(26)22(2)3/h23H,2,6-21H2,1,3-5H3. The smallest absolute Gasteiger partial charge is 0.333 e. The Kier molecular flexibility index (Phi) is 18.0. The largest absolute Gasteiger partial charge is 0.462 e. The summed E-state index contributed by atoms with van der Waals surface area (Å²) < 4.78 is 5.24. The lowest BCUT2D eigenvalue weighted by molar-refractivity contribution is -0.139. The molecule has 1 unspecified atom stereocenters. The van der Waals surface area contributed by atoms with Crippen LogP contribution in [0.3, 0.4) is 0 Å². The molecule has 0 bridgehead atoms. The predicted octanol–water partition coefficient (Wildman–Crippen LogP) is 6.91. The third-order valence-corrected chi connectivity index (χ3v) is 5.40. The first-order valence-electron chi connectivity index (χ1n) is 11.5. The Bertz CT molecular complexity index is 365. The van der Waals surface area contributed by atoms with E-state index >= 15 is 0 Å². The molecule has 0 heterocycles. The van der Waals surface area contributed by atoms with E-state index in [1.807, 2.05) is 0 Å². The molecule has 0 aliphatic rings. The fraction of sp³-hybridized carbons (Fsp3) is 0.875. The van der Waals surface area contributed by atoms with Gasteiger partial charge < -0.3 is 9.64 Å². The van der Waals surface area contributed by atoms with Gasteiger partial charge in [-0.25, -0.2) is 4.79 Å². The third kappa shape index (κ3) is 17.0. The molecular formula is C24H47NO2. The molecule has 0 radical (unpaired) electrons. The van der Waals surface area contributed by atoms with Crippen molar-refractivity contribution in [3.05, 3.63) is 12.2 Å². The van der Waals surface area contributed by atoms with Crippen molar-refractivity contribution in [2.45, 2.75) is 116 Å². The van der Waals surface area contributed by atoms with E-state index in [1.165, 1.54) is 89.9 Å². The van der Waals surface area contributed by atoms with Gasteiger partial charge in [0.25, 0.3) is 0 Å². The fourth-order valence-electron chi connectivity index (χ4n) is 3.47. The number of carbonyl (C=O) groups excluding carboxylic acids is 1. The van der Waals surface area contributed by atoms with Crippen molar-refractivity contribution in [3.63, 3.8) is 0 Å². The summed E-state index contributed by atoms with van der Waals surface area (Å²) in [5.74, 6) is -0.270. The molecule has 3 heteroatoms. The minimum Gasteiger partial charge on any atom is -0.462 e. The molecule has 0 saturated carbocycles. The highest BCUT2D eigenvalue weighted by Gasteiger charge is 2.12. The van der Waals surface area contributed by atoms with E-state index in [4.69, 9.17) is 4.74 Å². The van der Waals surface area contributed by atoms with Crippen LogP contribution in [0, 0.1) is 0 Å². The zero-order valence-corrected chi connectivity index (χ0v) is 18.9. The molecule has 0 aromatic rings. The number of carbonyl (C=O) groups is 1. The highest BCUT2D eigenvalue weighted by atomic mass is 16.5. The maximum atomic E-state index is 11.4. The van der Waals surface area contributed by atoms with Crippen molar-refractivity contribution in [1.82, 2.24) is 4.90 Å². The second kappa shape index (κ2) is 18.5. The average molecular weight is 382 g/mol. The van der Waals surface area contributed by atoms with E-state index in [-0.39, 0.29) is 5.97 Å². The van der Waals surface area contributed by atoms with Crippen molar-refractivity contribution >= 4 is 5.97 Å². The van der Waals surface area contributed by atoms with Crippen LogP contribution >= 0.6 is 0 Å². The van der Waals surface area contributed by atoms with Crippen molar-refractivity contribution in [2.75, 3.05) is 20.7 Å². The van der Waals surface area contributed by atoms with E-state index in [1.54, 1.807) is 6.92 Å². The maximum Gasteiger partial charge on any atom is 0.333 e. The van der Waals surface area contributed by atoms with Crippen LogP contribution < -0.4 is 0 Å². The molecule has 27 heavy (non-hydrogen) atoms. The van der Waals surface area contributed by atoms with Crippen LogP contribution in [-0.4, -0.2) is 37.6 Å². The Morgan fingerprint density at radius 1 is 0.815 bits per heavy atom. The first kappa shape index (κ1) is 26.2. The molecule has 0 amide bonds. The lowest BCUT2D eigenvalue weighted by atomic mass is 10.0. The molecule has 0 N–H and O–H groups in total. The number of rotatable bonds is 19. The van der Waals surface area contributed by atoms with Crippen LogP contribution in [0.15, 0.2) is 12.2 Å². The SMILES string of the molecule is C=C(C)C(=O)OCCC(CCCCCCCCCCCCCCC)N(C)C. The molecular weight excluding hydrogens is 334 g/mol. The van der Waals surface area contributed by atoms with Gasteiger partial charge in [-0.2, -0.15) is 0 Å². The molecule has 0 fully saturated rings. The summed E-state index contributed by atoms with van der Waals surface area (Å²) in [6, 6.07) is 0.496. The van der Waals surface area contributed by atoms with Gasteiger partial charge in [0, 0.05) is 11.6 Å². The van der Waals surface area contributed by atoms with Gasteiger partial charge in [0.15, 0.2) is 0 Å². The zero-order valence-electron chi connectivity index (χ0n) is 18.9. The Morgan fingerprint density at radius 3 is 1.67 bits per heavy atom. The maximum absolute atomic E-state index is 11.4. The average Bonchev–Trinajstić information content (AvgIpc) is 2.63. The fourth-order valence-corrected chi connectivity index (χ4v) is 3.47. The van der Waals surface area contributed by atoms with Gasteiger partial charge in [-0.15, -0.1) is 0 Å². The van der Waals surface area contributed by atoms with Crippen LogP contribution in [0.2, 0.25) is 0 Å². The summed E-state index contributed by atoms with van der Waals surface area (Å²) in [4.78, 5) is 13.7. The Labute approximate surface area is 169 Å². The van der Waals surface area contributed by atoms with Gasteiger partial charge in [-0.05, 0) is 33.9 Å². The van der Waals surface area contributed by atoms with Crippen molar-refractivity contribution < 1.29 is 9.53 Å². The summed E-state index contributed by atoms with van der Waals surface area (Å²) >= 11 is 0. The lowest BCUT2D eigenvalue weighted by Gasteiger charge is -2.24. The number of hydrogen-bond donors (Lipinski definition) is 0. The molecule has 0 aromatic heterocycles. The number of hydrogen-bond acceptors (Lipinski definition) is 3. The van der Waals surface area contributed by atoms with Crippen LogP contribution in [0.1, 0.15) is 110 Å². The Morgan fingerprint density at radius 2 is 1.26 bits per heavy atom. The minimum absolute atomic E-state index is 0.270. The number of unbranched alkanes of at least 4 members (excludes halogenated alkanes) is 12. The first-order chi connectivity index (χ1) is 13.0. The summed E-state index contributed by atoms with van der Waals surface area (Å²) in [5, 5.41) is 0. The Balaban J connectivity index is 3.51. The monoisotopic (exact) mass is 381 g/mol. The van der Waals surface area contributed by atoms with Gasteiger partial charge in [-0.1, -0.05) is 97.0 Å². The van der Waals surface area contributed by atoms with Crippen molar-refractivity contribution in [2.24, 2.45) is 0 Å². The van der Waals surface area contributed by atoms with Gasteiger partial charge in [-0.3, -0.25) is 0 Å². The molecule has 0 spiro atoms. The summed E-state index contributed by atoms with van der Waals surface area (Å²) in [5.41, 5.74) is 0.480. The zero-order chi connectivity index (χ0) is 20.3. The van der Waals surface area contributed by atoms with Crippen molar-refractivity contribution in [1.29, 1.82) is 0 Å². The number of esters is 1. The molecule has 1 atom stereocenters. The molecule has 3 nitrogen and oxygen atoms in total. The summed E-state index contributed by atoms with van der Waals surface area (Å²) in [7, 11) is 4.24. The van der Waals surface area contributed by atoms with Crippen LogP contribution in [0.5, 0.6) is 0 Å². The molecule has 0 saturated heterocycles. The van der Waals surface area contributed by atoms with Crippen LogP contribution in [0.4, 0.5) is 0 Å². The molecule has 0 aliphatic heterocycles. The van der Waals surface area contributed by atoms with Crippen molar-refractivity contribution in [3.8, 4) is 0 Å². The van der Waals surface area contributed by atoms with E-state index < -0.39 is 0 Å². The van der Waals surface area contributed by atoms with Gasteiger partial charge in [0.05, 0.1) is 6.61 Å². The van der Waals surface area contributed by atoms with Gasteiger partial charge >= 0.3 is 5.97 Å². The highest BCUT2D eigenvalue weighted by Crippen LogP contribution is 2.15. The number of ether oxygens (including phenoxy) is 1. The van der Waals surface area contributed by atoms with Crippen LogP contribution in [-0.2, 0) is 9.53 Å². The van der Waals surface area contributed by atoms with Crippen LogP contribution in [0.25, 0.3) is 0 Å².